The Kier molecular flexibility index (Phi) is 2.11. The van der Waals surface area contributed by atoms with Crippen molar-refractivity contribution >= 4 is 0 Å². The first kappa shape index (κ1) is 7.76. The summed E-state index contributed by atoms with van der Waals surface area (Å²) < 4.78 is 5.10. The maximum atomic E-state index is 9.43. The van der Waals surface area contributed by atoms with Gasteiger partial charge >= 0.3 is 0 Å². The summed E-state index contributed by atoms with van der Waals surface area (Å²) in [4.78, 5) is 0. The molecule has 0 saturated carbocycles. The second-order valence-electron chi connectivity index (χ2n) is 2.89. The first-order valence-corrected chi connectivity index (χ1v) is 3.63. The third kappa shape index (κ3) is 1.39. The Bertz CT molecular complexity index is 133. The molecule has 4 atom stereocenters. The van der Waals surface area contributed by atoms with Crippen LogP contribution in [0.25, 0.3) is 0 Å². The summed E-state index contributed by atoms with van der Waals surface area (Å²) in [7, 11) is 0. The molecule has 2 heteroatoms. The highest BCUT2D eigenvalue weighted by molar-refractivity contribution is 4.94. The van der Waals surface area contributed by atoms with Crippen molar-refractivity contribution in [2.45, 2.75) is 32.2 Å². The highest BCUT2D eigenvalue weighted by Crippen LogP contribution is 2.28. The number of aliphatic hydroxyl groups excluding tert-OH is 1. The van der Waals surface area contributed by atoms with Crippen molar-refractivity contribution in [2.24, 2.45) is 5.92 Å². The van der Waals surface area contributed by atoms with Crippen LogP contribution < -0.4 is 0 Å². The lowest BCUT2D eigenvalue weighted by atomic mass is 10.0. The molecule has 0 radical (unpaired) electrons. The van der Waals surface area contributed by atoms with Crippen molar-refractivity contribution in [3.05, 3.63) is 12.7 Å². The van der Waals surface area contributed by atoms with E-state index in [0.29, 0.717) is 0 Å². The monoisotopic (exact) mass is 142 g/mol. The number of hydrogen-bond donors (Lipinski definition) is 1. The molecule has 0 aromatic heterocycles. The van der Waals surface area contributed by atoms with Gasteiger partial charge in [-0.1, -0.05) is 13.0 Å². The zero-order valence-corrected chi connectivity index (χ0v) is 6.45. The topological polar surface area (TPSA) is 32.8 Å². The molecule has 0 bridgehead atoms. The molecule has 0 spiro atoms. The normalized spacial score (nSPS) is 36.7. The zero-order valence-electron chi connectivity index (χ0n) is 6.45. The Balaban J connectivity index is 2.34. The molecule has 0 aliphatic carbocycles. The molecule has 1 rings (SSSR count). The fourth-order valence-electron chi connectivity index (χ4n) is 0.999. The Morgan fingerprint density at radius 1 is 1.70 bits per heavy atom. The van der Waals surface area contributed by atoms with E-state index < -0.39 is 0 Å². The van der Waals surface area contributed by atoms with Crippen molar-refractivity contribution in [1.82, 2.24) is 0 Å². The molecular weight excluding hydrogens is 128 g/mol. The highest BCUT2D eigenvalue weighted by atomic mass is 16.6. The van der Waals surface area contributed by atoms with E-state index >= 15 is 0 Å². The SMILES string of the molecule is C=CC(C)C(O)C1OC1C. The number of ether oxygens (including phenoxy) is 1. The first-order valence-electron chi connectivity index (χ1n) is 3.63. The van der Waals surface area contributed by atoms with Gasteiger partial charge in [0.15, 0.2) is 0 Å². The van der Waals surface area contributed by atoms with Crippen LogP contribution in [0, 0.1) is 5.92 Å². The average molecular weight is 142 g/mol. The van der Waals surface area contributed by atoms with E-state index in [1.807, 2.05) is 13.8 Å². The summed E-state index contributed by atoms with van der Waals surface area (Å²) in [5.41, 5.74) is 0. The van der Waals surface area contributed by atoms with E-state index in [-0.39, 0.29) is 24.2 Å². The van der Waals surface area contributed by atoms with Crippen molar-refractivity contribution in [3.8, 4) is 0 Å². The van der Waals surface area contributed by atoms with Gasteiger partial charge in [-0.15, -0.1) is 6.58 Å². The van der Waals surface area contributed by atoms with Crippen molar-refractivity contribution in [3.63, 3.8) is 0 Å². The number of aliphatic hydroxyl groups is 1. The minimum atomic E-state index is -0.368. The summed E-state index contributed by atoms with van der Waals surface area (Å²) in [6.45, 7) is 7.50. The fourth-order valence-corrected chi connectivity index (χ4v) is 0.999. The maximum Gasteiger partial charge on any atom is 0.110 e. The zero-order chi connectivity index (χ0) is 7.72. The average Bonchev–Trinajstić information content (AvgIpc) is 2.63. The molecule has 0 aromatic carbocycles. The van der Waals surface area contributed by atoms with Crippen LogP contribution in [0.2, 0.25) is 0 Å². The standard InChI is InChI=1S/C8H14O2/c1-4-5(2)7(9)8-6(3)10-8/h4-9H,1H2,2-3H3. The van der Waals surface area contributed by atoms with Gasteiger partial charge in [0.25, 0.3) is 0 Å². The molecule has 2 nitrogen and oxygen atoms in total. The maximum absolute atomic E-state index is 9.43. The highest BCUT2D eigenvalue weighted by Gasteiger charge is 2.41. The second-order valence-corrected chi connectivity index (χ2v) is 2.89. The van der Waals surface area contributed by atoms with Crippen LogP contribution in [0.4, 0.5) is 0 Å². The summed E-state index contributed by atoms with van der Waals surface area (Å²) in [5.74, 6) is 0.134. The van der Waals surface area contributed by atoms with Gasteiger partial charge < -0.3 is 9.84 Å². The van der Waals surface area contributed by atoms with Crippen LogP contribution in [0.1, 0.15) is 13.8 Å². The summed E-state index contributed by atoms with van der Waals surface area (Å²) in [5, 5.41) is 9.43. The largest absolute Gasteiger partial charge is 0.390 e. The van der Waals surface area contributed by atoms with Crippen LogP contribution in [-0.4, -0.2) is 23.4 Å². The Hall–Kier alpha value is -0.340. The number of hydrogen-bond acceptors (Lipinski definition) is 2. The lowest BCUT2D eigenvalue weighted by Gasteiger charge is -2.11. The van der Waals surface area contributed by atoms with Crippen molar-refractivity contribution in [1.29, 1.82) is 0 Å². The molecule has 1 heterocycles. The molecule has 1 aliphatic rings. The molecular formula is C8H14O2. The molecule has 0 amide bonds. The lowest BCUT2D eigenvalue weighted by Crippen LogP contribution is -2.23. The minimum absolute atomic E-state index is 0.0491. The van der Waals surface area contributed by atoms with Gasteiger partial charge in [0, 0.05) is 5.92 Å². The van der Waals surface area contributed by atoms with Gasteiger partial charge in [0.05, 0.1) is 12.2 Å². The van der Waals surface area contributed by atoms with Crippen molar-refractivity contribution < 1.29 is 9.84 Å². The fraction of sp³-hybridized carbons (Fsp3) is 0.750. The van der Waals surface area contributed by atoms with Gasteiger partial charge in [0.1, 0.15) is 6.10 Å². The molecule has 1 aliphatic heterocycles. The van der Waals surface area contributed by atoms with Crippen LogP contribution in [0.15, 0.2) is 12.7 Å². The van der Waals surface area contributed by atoms with Crippen LogP contribution in [0.3, 0.4) is 0 Å². The number of rotatable bonds is 3. The van der Waals surface area contributed by atoms with E-state index in [2.05, 4.69) is 6.58 Å². The molecule has 10 heavy (non-hydrogen) atoms. The van der Waals surface area contributed by atoms with E-state index in [9.17, 15) is 5.11 Å². The molecule has 1 fully saturated rings. The quantitative estimate of drug-likeness (QED) is 0.470. The van der Waals surface area contributed by atoms with E-state index in [1.54, 1.807) is 6.08 Å². The summed E-state index contributed by atoms with van der Waals surface area (Å²) in [6, 6.07) is 0. The summed E-state index contributed by atoms with van der Waals surface area (Å²) >= 11 is 0. The van der Waals surface area contributed by atoms with E-state index in [1.165, 1.54) is 0 Å². The summed E-state index contributed by atoms with van der Waals surface area (Å²) in [6.07, 6.45) is 1.66. The van der Waals surface area contributed by atoms with E-state index in [0.717, 1.165) is 0 Å². The molecule has 58 valence electrons. The van der Waals surface area contributed by atoms with Crippen LogP contribution in [-0.2, 0) is 4.74 Å². The van der Waals surface area contributed by atoms with Gasteiger partial charge in [0.2, 0.25) is 0 Å². The van der Waals surface area contributed by atoms with Gasteiger partial charge in [-0.25, -0.2) is 0 Å². The van der Waals surface area contributed by atoms with Gasteiger partial charge in [-0.3, -0.25) is 0 Å². The van der Waals surface area contributed by atoms with Crippen LogP contribution >= 0.6 is 0 Å². The third-order valence-electron chi connectivity index (χ3n) is 2.00. The lowest BCUT2D eigenvalue weighted by molar-refractivity contribution is 0.103. The minimum Gasteiger partial charge on any atom is -0.390 e. The molecule has 1 N–H and O–H groups in total. The first-order chi connectivity index (χ1) is 4.66. The van der Waals surface area contributed by atoms with Crippen LogP contribution in [0.5, 0.6) is 0 Å². The Labute approximate surface area is 61.5 Å². The predicted molar refractivity (Wildman–Crippen MR) is 39.7 cm³/mol. The second kappa shape index (κ2) is 2.72. The Morgan fingerprint density at radius 2 is 2.20 bits per heavy atom. The smallest absolute Gasteiger partial charge is 0.110 e. The predicted octanol–water partition coefficient (Wildman–Crippen LogP) is 0.957. The van der Waals surface area contributed by atoms with Gasteiger partial charge in [-0.2, -0.15) is 0 Å². The van der Waals surface area contributed by atoms with E-state index in [4.69, 9.17) is 4.74 Å². The number of epoxide rings is 1. The molecule has 1 saturated heterocycles. The molecule has 4 unspecified atom stereocenters. The third-order valence-corrected chi connectivity index (χ3v) is 2.00. The van der Waals surface area contributed by atoms with Gasteiger partial charge in [-0.05, 0) is 6.92 Å². The Morgan fingerprint density at radius 3 is 2.50 bits per heavy atom. The molecule has 0 aromatic rings. The van der Waals surface area contributed by atoms with Crippen molar-refractivity contribution in [2.75, 3.05) is 0 Å².